The number of fused-ring (bicyclic) bond motifs is 4. The number of oxazole rings is 2. The van der Waals surface area contributed by atoms with Crippen molar-refractivity contribution in [3.63, 3.8) is 0 Å². The van der Waals surface area contributed by atoms with Crippen LogP contribution in [0, 0.1) is 17.2 Å². The summed E-state index contributed by atoms with van der Waals surface area (Å²) in [7, 11) is 0. The van der Waals surface area contributed by atoms with Crippen LogP contribution < -0.4 is 20.7 Å². The molecule has 0 saturated heterocycles. The smallest absolute Gasteiger partial charge is 0.249 e. The molecule has 7 rings (SSSR count). The Labute approximate surface area is 269 Å². The third kappa shape index (κ3) is 4.87. The molecule has 3 aliphatic rings. The minimum Gasteiger partial charge on any atom is -0.469 e. The van der Waals surface area contributed by atoms with Gasteiger partial charge in [0.15, 0.2) is 17.7 Å². The molecule has 2 aromatic heterocycles. The van der Waals surface area contributed by atoms with E-state index in [9.17, 15) is 19.8 Å². The van der Waals surface area contributed by atoms with Gasteiger partial charge in [-0.1, -0.05) is 46.8 Å². The molecule has 13 heteroatoms. The summed E-state index contributed by atoms with van der Waals surface area (Å²) in [5.74, 6) is -1.09. The van der Waals surface area contributed by atoms with Crippen molar-refractivity contribution in [2.24, 2.45) is 11.3 Å². The van der Waals surface area contributed by atoms with Crippen molar-refractivity contribution >= 4 is 17.5 Å². The molecule has 246 valence electrons. The molecule has 5 atom stereocenters. The summed E-state index contributed by atoms with van der Waals surface area (Å²) in [6.45, 7) is 8.76. The van der Waals surface area contributed by atoms with Crippen LogP contribution in [-0.4, -0.2) is 50.4 Å². The Morgan fingerprint density at radius 3 is 2.64 bits per heavy atom. The maximum absolute atomic E-state index is 15.1. The number of aliphatic hydroxyl groups is 2. The van der Waals surface area contributed by atoms with E-state index in [4.69, 9.17) is 18.6 Å². The highest BCUT2D eigenvalue weighted by atomic mass is 19.1. The zero-order chi connectivity index (χ0) is 33.4. The number of carbonyl (C=O) groups excluding carboxylic acids is 2. The second kappa shape index (κ2) is 10.9. The first-order valence-corrected chi connectivity index (χ1v) is 15.5. The molecule has 0 radical (unpaired) electrons. The third-order valence-corrected chi connectivity index (χ3v) is 9.09. The summed E-state index contributed by atoms with van der Waals surface area (Å²) in [5.41, 5.74) is 0.952. The van der Waals surface area contributed by atoms with Crippen molar-refractivity contribution in [3.8, 4) is 17.3 Å². The summed E-state index contributed by atoms with van der Waals surface area (Å²) in [6, 6.07) is 7.93. The van der Waals surface area contributed by atoms with Crippen LogP contribution in [0.15, 0.2) is 51.5 Å². The molecular formula is C34H36FN5O7. The Bertz CT molecular complexity index is 1900. The van der Waals surface area contributed by atoms with E-state index < -0.39 is 52.9 Å². The molecule has 1 spiro atoms. The second-order valence-electron chi connectivity index (χ2n) is 13.8. The Morgan fingerprint density at radius 2 is 1.94 bits per heavy atom. The van der Waals surface area contributed by atoms with Crippen LogP contribution in [0.25, 0.3) is 11.6 Å². The highest BCUT2D eigenvalue weighted by Crippen LogP contribution is 2.59. The molecule has 2 aromatic carbocycles. The lowest BCUT2D eigenvalue weighted by Crippen LogP contribution is -2.53. The second-order valence-corrected chi connectivity index (χ2v) is 13.8. The summed E-state index contributed by atoms with van der Waals surface area (Å²) in [5, 5.41) is 29.4. The number of aliphatic hydroxyl groups excluding tert-OH is 2. The van der Waals surface area contributed by atoms with Crippen LogP contribution in [0.3, 0.4) is 0 Å². The van der Waals surface area contributed by atoms with Gasteiger partial charge in [-0.15, -0.1) is 0 Å². The van der Waals surface area contributed by atoms with Gasteiger partial charge >= 0.3 is 0 Å². The molecule has 2 amide bonds. The Balaban J connectivity index is 1.51. The summed E-state index contributed by atoms with van der Waals surface area (Å²) in [4.78, 5) is 36.4. The van der Waals surface area contributed by atoms with E-state index in [1.165, 1.54) is 18.4 Å². The molecule has 47 heavy (non-hydrogen) atoms. The van der Waals surface area contributed by atoms with E-state index in [0.29, 0.717) is 28.1 Å². The molecule has 0 saturated carbocycles. The molecule has 3 aliphatic heterocycles. The summed E-state index contributed by atoms with van der Waals surface area (Å²) >= 11 is 0. The molecule has 4 aromatic rings. The van der Waals surface area contributed by atoms with Crippen molar-refractivity contribution in [1.82, 2.24) is 20.6 Å². The number of amides is 2. The van der Waals surface area contributed by atoms with E-state index in [-0.39, 0.29) is 47.9 Å². The van der Waals surface area contributed by atoms with E-state index in [1.807, 2.05) is 26.8 Å². The lowest BCUT2D eigenvalue weighted by atomic mass is 9.72. The normalized spacial score (nSPS) is 23.5. The highest BCUT2D eigenvalue weighted by Gasteiger charge is 2.61. The van der Waals surface area contributed by atoms with Crippen LogP contribution in [0.2, 0.25) is 0 Å². The molecule has 5 N–H and O–H groups in total. The number of ether oxygens (including phenoxy) is 1. The quantitative estimate of drug-likeness (QED) is 0.216. The van der Waals surface area contributed by atoms with Gasteiger partial charge < -0.3 is 39.7 Å². The maximum atomic E-state index is 15.1. The average molecular weight is 646 g/mol. The first-order chi connectivity index (χ1) is 22.3. The third-order valence-electron chi connectivity index (χ3n) is 9.09. The van der Waals surface area contributed by atoms with Gasteiger partial charge in [-0.3, -0.25) is 9.59 Å². The minimum absolute atomic E-state index is 0.0586. The molecule has 5 heterocycles. The largest absolute Gasteiger partial charge is 0.469 e. The fourth-order valence-corrected chi connectivity index (χ4v) is 6.63. The van der Waals surface area contributed by atoms with Crippen LogP contribution in [-0.2, 0) is 28.0 Å². The predicted molar refractivity (Wildman–Crippen MR) is 166 cm³/mol. The SMILES string of the molecule is CC(C)[C@H](O)C(=O)NC1Cc2ccc3c(c2)C2(c4cc(F)ccc4NC2O3)c2oc(nc2-c2nc(CO)co2)C(C(C)(C)C)NC1=O. The van der Waals surface area contributed by atoms with Gasteiger partial charge in [0.2, 0.25) is 23.6 Å². The van der Waals surface area contributed by atoms with Gasteiger partial charge in [-0.2, -0.15) is 0 Å². The van der Waals surface area contributed by atoms with Crippen molar-refractivity contribution in [2.75, 3.05) is 5.32 Å². The van der Waals surface area contributed by atoms with Crippen LogP contribution in [0.1, 0.15) is 74.7 Å². The van der Waals surface area contributed by atoms with Crippen molar-refractivity contribution in [2.45, 2.75) is 77.5 Å². The first kappa shape index (κ1) is 30.9. The molecule has 12 nitrogen and oxygen atoms in total. The number of benzene rings is 2. The lowest BCUT2D eigenvalue weighted by Gasteiger charge is -2.32. The molecular weight excluding hydrogens is 609 g/mol. The van der Waals surface area contributed by atoms with Gasteiger partial charge in [0, 0.05) is 23.2 Å². The van der Waals surface area contributed by atoms with Gasteiger partial charge in [0.25, 0.3) is 0 Å². The molecule has 0 fully saturated rings. The number of nitrogens with zero attached hydrogens (tertiary/aromatic N) is 2. The van der Waals surface area contributed by atoms with Gasteiger partial charge in [-0.05, 0) is 41.2 Å². The average Bonchev–Trinajstić information content (AvgIpc) is 3.79. The monoisotopic (exact) mass is 645 g/mol. The van der Waals surface area contributed by atoms with E-state index >= 15 is 4.39 Å². The molecule has 0 aliphatic carbocycles. The summed E-state index contributed by atoms with van der Waals surface area (Å²) < 4.78 is 34.1. The van der Waals surface area contributed by atoms with Crippen LogP contribution in [0.4, 0.5) is 10.1 Å². The Hall–Kier alpha value is -4.75. The summed E-state index contributed by atoms with van der Waals surface area (Å²) in [6.07, 6.45) is -0.720. The topological polar surface area (TPSA) is 172 Å². The maximum Gasteiger partial charge on any atom is 0.249 e. The number of halogens is 1. The molecule has 4 unspecified atom stereocenters. The van der Waals surface area contributed by atoms with Gasteiger partial charge in [0.1, 0.15) is 47.1 Å². The van der Waals surface area contributed by atoms with Crippen molar-refractivity contribution < 1.29 is 37.8 Å². The van der Waals surface area contributed by atoms with E-state index in [0.717, 1.165) is 0 Å². The van der Waals surface area contributed by atoms with Crippen molar-refractivity contribution in [3.05, 3.63) is 82.5 Å². The van der Waals surface area contributed by atoms with Gasteiger partial charge in [0.05, 0.1) is 6.61 Å². The molecule has 4 bridgehead atoms. The number of anilines is 1. The number of hydrogen-bond acceptors (Lipinski definition) is 10. The zero-order valence-corrected chi connectivity index (χ0v) is 26.6. The van der Waals surface area contributed by atoms with Gasteiger partial charge in [-0.25, -0.2) is 14.4 Å². The lowest BCUT2D eigenvalue weighted by molar-refractivity contribution is -0.136. The predicted octanol–water partition coefficient (Wildman–Crippen LogP) is 3.70. The number of nitrogens with one attached hydrogen (secondary N) is 3. The van der Waals surface area contributed by atoms with Crippen LogP contribution >= 0.6 is 0 Å². The standard InChI is InChI=1S/C34H36FN5O7/c1-15(2)25(42)29(44)37-22-11-16-6-9-23-20(10-16)34(19-12-17(35)7-8-21(19)38-32(34)46-23)27-24(30-36-18(13-41)14-45-30)39-31(47-27)26(33(3,4)5)40-28(22)43/h6-10,12,14-15,22,25-26,32,38,41-42H,11,13H2,1-5H3,(H,37,44)(H,40,43)/t22?,25-,26?,32?,34?/m0/s1. The zero-order valence-electron chi connectivity index (χ0n) is 26.6. The number of rotatable bonds is 5. The number of aromatic nitrogens is 2. The highest BCUT2D eigenvalue weighted by molar-refractivity contribution is 5.90. The fraction of sp³-hybridized carbons (Fsp3) is 0.412. The van der Waals surface area contributed by atoms with Crippen LogP contribution in [0.5, 0.6) is 5.75 Å². The van der Waals surface area contributed by atoms with E-state index in [1.54, 1.807) is 32.0 Å². The Morgan fingerprint density at radius 1 is 1.15 bits per heavy atom. The van der Waals surface area contributed by atoms with E-state index in [2.05, 4.69) is 20.9 Å². The van der Waals surface area contributed by atoms with Crippen molar-refractivity contribution in [1.29, 1.82) is 0 Å². The minimum atomic E-state index is -1.32. The Kier molecular flexibility index (Phi) is 7.17. The number of hydrogen-bond donors (Lipinski definition) is 5. The fourth-order valence-electron chi connectivity index (χ4n) is 6.63. The first-order valence-electron chi connectivity index (χ1n) is 15.5. The number of carbonyl (C=O) groups is 2.